The third-order valence-electron chi connectivity index (χ3n) is 3.16. The SMILES string of the molecule is Cc1cccc(Nc2nnc(SCCCCC#N)s2)c1C. The number of benzene rings is 1. The van der Waals surface area contributed by atoms with Crippen LogP contribution >= 0.6 is 23.1 Å². The van der Waals surface area contributed by atoms with Gasteiger partial charge in [-0.25, -0.2) is 0 Å². The summed E-state index contributed by atoms with van der Waals surface area (Å²) in [4.78, 5) is 0. The van der Waals surface area contributed by atoms with E-state index < -0.39 is 0 Å². The predicted molar refractivity (Wildman–Crippen MR) is 89.3 cm³/mol. The molecule has 0 fully saturated rings. The fourth-order valence-corrected chi connectivity index (χ4v) is 3.62. The minimum absolute atomic E-state index is 0.635. The summed E-state index contributed by atoms with van der Waals surface area (Å²) >= 11 is 3.28. The lowest BCUT2D eigenvalue weighted by Crippen LogP contribution is -1.94. The summed E-state index contributed by atoms with van der Waals surface area (Å²) in [6, 6.07) is 8.36. The van der Waals surface area contributed by atoms with E-state index in [4.69, 9.17) is 5.26 Å². The number of anilines is 2. The highest BCUT2D eigenvalue weighted by molar-refractivity contribution is 8.01. The van der Waals surface area contributed by atoms with E-state index in [0.717, 1.165) is 33.8 Å². The van der Waals surface area contributed by atoms with Gasteiger partial charge in [0.25, 0.3) is 0 Å². The van der Waals surface area contributed by atoms with Crippen molar-refractivity contribution in [3.8, 4) is 6.07 Å². The van der Waals surface area contributed by atoms with E-state index in [9.17, 15) is 0 Å². The minimum Gasteiger partial charge on any atom is -0.330 e. The fraction of sp³-hybridized carbons (Fsp3) is 0.400. The van der Waals surface area contributed by atoms with Gasteiger partial charge in [0.05, 0.1) is 6.07 Å². The minimum atomic E-state index is 0.635. The molecule has 4 nitrogen and oxygen atoms in total. The van der Waals surface area contributed by atoms with Gasteiger partial charge < -0.3 is 5.32 Å². The second kappa shape index (κ2) is 8.01. The number of thioether (sulfide) groups is 1. The van der Waals surface area contributed by atoms with E-state index in [1.54, 1.807) is 23.1 Å². The van der Waals surface area contributed by atoms with E-state index in [2.05, 4.69) is 47.6 Å². The quantitative estimate of drug-likeness (QED) is 0.593. The number of nitrogens with zero attached hydrogens (tertiary/aromatic N) is 3. The average Bonchev–Trinajstić information content (AvgIpc) is 2.91. The molecule has 1 aromatic heterocycles. The van der Waals surface area contributed by atoms with Gasteiger partial charge >= 0.3 is 0 Å². The van der Waals surface area contributed by atoms with E-state index in [1.165, 1.54) is 11.1 Å². The van der Waals surface area contributed by atoms with Crippen molar-refractivity contribution >= 4 is 33.9 Å². The van der Waals surface area contributed by atoms with Crippen LogP contribution in [0, 0.1) is 25.2 Å². The van der Waals surface area contributed by atoms with Gasteiger partial charge in [-0.2, -0.15) is 5.26 Å². The Labute approximate surface area is 133 Å². The van der Waals surface area contributed by atoms with Crippen molar-refractivity contribution in [3.05, 3.63) is 29.3 Å². The average molecular weight is 318 g/mol. The van der Waals surface area contributed by atoms with Gasteiger partial charge in [0.15, 0.2) is 4.34 Å². The Bertz CT molecular complexity index is 631. The summed E-state index contributed by atoms with van der Waals surface area (Å²) in [5, 5.41) is 21.0. The van der Waals surface area contributed by atoms with E-state index in [-0.39, 0.29) is 0 Å². The van der Waals surface area contributed by atoms with Crippen molar-refractivity contribution in [2.24, 2.45) is 0 Å². The van der Waals surface area contributed by atoms with Gasteiger partial charge in [-0.15, -0.1) is 10.2 Å². The van der Waals surface area contributed by atoms with E-state index in [0.29, 0.717) is 6.42 Å². The molecule has 1 heterocycles. The molecule has 21 heavy (non-hydrogen) atoms. The second-order valence-electron chi connectivity index (χ2n) is 4.71. The second-order valence-corrected chi connectivity index (χ2v) is 7.03. The molecule has 0 saturated heterocycles. The standard InChI is InChI=1S/C15H18N4S2/c1-11-7-6-8-13(12(11)2)17-14-18-19-15(21-14)20-10-5-3-4-9-16/h6-8H,3-5,10H2,1-2H3,(H,17,18). The van der Waals surface area contributed by atoms with Crippen LogP contribution in [0.2, 0.25) is 0 Å². The smallest absolute Gasteiger partial charge is 0.210 e. The summed E-state index contributed by atoms with van der Waals surface area (Å²) in [6.07, 6.45) is 2.63. The number of nitrogens with one attached hydrogen (secondary N) is 1. The van der Waals surface area contributed by atoms with Gasteiger partial charge in [0.1, 0.15) is 0 Å². The van der Waals surface area contributed by atoms with Crippen molar-refractivity contribution in [1.29, 1.82) is 5.26 Å². The number of hydrogen-bond acceptors (Lipinski definition) is 6. The Balaban J connectivity index is 1.88. The molecule has 0 radical (unpaired) electrons. The van der Waals surface area contributed by atoms with Gasteiger partial charge in [-0.05, 0) is 43.9 Å². The van der Waals surface area contributed by atoms with Gasteiger partial charge in [-0.1, -0.05) is 35.2 Å². The lowest BCUT2D eigenvalue weighted by molar-refractivity contribution is 0.829. The molecule has 0 aliphatic carbocycles. The maximum Gasteiger partial charge on any atom is 0.210 e. The molecule has 0 saturated carbocycles. The lowest BCUT2D eigenvalue weighted by atomic mass is 10.1. The van der Waals surface area contributed by atoms with Crippen LogP contribution in [0.1, 0.15) is 30.4 Å². The molecule has 2 rings (SSSR count). The van der Waals surface area contributed by atoms with Crippen LogP contribution in [0.25, 0.3) is 0 Å². The maximum atomic E-state index is 8.48. The number of aryl methyl sites for hydroxylation is 1. The van der Waals surface area contributed by atoms with Gasteiger partial charge in [-0.3, -0.25) is 0 Å². The Kier molecular flexibility index (Phi) is 6.03. The predicted octanol–water partition coefficient (Wildman–Crippen LogP) is 4.68. The lowest BCUT2D eigenvalue weighted by Gasteiger charge is -2.08. The zero-order valence-electron chi connectivity index (χ0n) is 12.2. The molecule has 2 aromatic rings. The molecule has 0 atom stereocenters. The van der Waals surface area contributed by atoms with Crippen LogP contribution in [0.5, 0.6) is 0 Å². The van der Waals surface area contributed by atoms with Crippen molar-refractivity contribution in [2.45, 2.75) is 37.4 Å². The molecular formula is C15H18N4S2. The van der Waals surface area contributed by atoms with Crippen LogP contribution in [-0.2, 0) is 0 Å². The summed E-state index contributed by atoms with van der Waals surface area (Å²) in [5.41, 5.74) is 3.58. The Morgan fingerprint density at radius 2 is 2.14 bits per heavy atom. The number of rotatable bonds is 7. The molecule has 0 aliphatic heterocycles. The van der Waals surface area contributed by atoms with E-state index >= 15 is 0 Å². The molecule has 0 bridgehead atoms. The summed E-state index contributed by atoms with van der Waals surface area (Å²) < 4.78 is 0.972. The van der Waals surface area contributed by atoms with Crippen molar-refractivity contribution in [3.63, 3.8) is 0 Å². The van der Waals surface area contributed by atoms with Crippen molar-refractivity contribution in [1.82, 2.24) is 10.2 Å². The van der Waals surface area contributed by atoms with Crippen LogP contribution in [-0.4, -0.2) is 16.0 Å². The molecule has 0 amide bonds. The van der Waals surface area contributed by atoms with Crippen LogP contribution in [0.15, 0.2) is 22.5 Å². The highest BCUT2D eigenvalue weighted by atomic mass is 32.2. The topological polar surface area (TPSA) is 61.6 Å². The normalized spacial score (nSPS) is 10.3. The molecule has 0 aliphatic rings. The monoisotopic (exact) mass is 318 g/mol. The van der Waals surface area contributed by atoms with Crippen molar-refractivity contribution in [2.75, 3.05) is 11.1 Å². The maximum absolute atomic E-state index is 8.48. The third-order valence-corrected chi connectivity index (χ3v) is 5.22. The molecule has 0 unspecified atom stereocenters. The molecule has 0 spiro atoms. The third kappa shape index (κ3) is 4.73. The largest absolute Gasteiger partial charge is 0.330 e. The molecule has 110 valence electrons. The number of aromatic nitrogens is 2. The number of unbranched alkanes of at least 4 members (excludes halogenated alkanes) is 2. The zero-order valence-corrected chi connectivity index (χ0v) is 13.9. The Hall–Kier alpha value is -1.58. The summed E-state index contributed by atoms with van der Waals surface area (Å²) in [7, 11) is 0. The summed E-state index contributed by atoms with van der Waals surface area (Å²) in [6.45, 7) is 4.20. The van der Waals surface area contributed by atoms with Gasteiger partial charge in [0.2, 0.25) is 5.13 Å². The molecule has 1 N–H and O–H groups in total. The zero-order chi connectivity index (χ0) is 15.1. The number of nitriles is 1. The first-order chi connectivity index (χ1) is 10.2. The summed E-state index contributed by atoms with van der Waals surface area (Å²) in [5.74, 6) is 0.986. The Morgan fingerprint density at radius 3 is 2.95 bits per heavy atom. The molecule has 1 aromatic carbocycles. The van der Waals surface area contributed by atoms with Crippen LogP contribution < -0.4 is 5.32 Å². The first-order valence-electron chi connectivity index (χ1n) is 6.87. The first-order valence-corrected chi connectivity index (χ1v) is 8.67. The van der Waals surface area contributed by atoms with Gasteiger partial charge in [0, 0.05) is 17.9 Å². The fourth-order valence-electron chi connectivity index (χ4n) is 1.79. The first kappa shape index (κ1) is 15.8. The Morgan fingerprint density at radius 1 is 1.29 bits per heavy atom. The van der Waals surface area contributed by atoms with Crippen LogP contribution in [0.3, 0.4) is 0 Å². The highest BCUT2D eigenvalue weighted by Gasteiger charge is 2.07. The van der Waals surface area contributed by atoms with Crippen molar-refractivity contribution < 1.29 is 0 Å². The molecular weight excluding hydrogens is 300 g/mol. The number of hydrogen-bond donors (Lipinski definition) is 1. The molecule has 6 heteroatoms. The highest BCUT2D eigenvalue weighted by Crippen LogP contribution is 2.29. The van der Waals surface area contributed by atoms with Crippen LogP contribution in [0.4, 0.5) is 10.8 Å². The van der Waals surface area contributed by atoms with E-state index in [1.807, 2.05) is 6.07 Å².